The second kappa shape index (κ2) is 6.45. The summed E-state index contributed by atoms with van der Waals surface area (Å²) in [7, 11) is 0. The summed E-state index contributed by atoms with van der Waals surface area (Å²) in [4.78, 5) is 23.7. The zero-order chi connectivity index (χ0) is 15.4. The van der Waals surface area contributed by atoms with Gasteiger partial charge < -0.3 is 15.0 Å². The number of rotatable bonds is 5. The van der Waals surface area contributed by atoms with Crippen LogP contribution in [0.25, 0.3) is 0 Å². The highest BCUT2D eigenvalue weighted by atomic mass is 35.5. The number of nitrogens with one attached hydrogen (secondary N) is 1. The lowest BCUT2D eigenvalue weighted by atomic mass is 10.1. The molecule has 0 unspecified atom stereocenters. The fourth-order valence-electron chi connectivity index (χ4n) is 2.08. The lowest BCUT2D eigenvalue weighted by Gasteiger charge is -2.16. The van der Waals surface area contributed by atoms with Gasteiger partial charge in [0.1, 0.15) is 5.69 Å². The van der Waals surface area contributed by atoms with E-state index in [1.54, 1.807) is 47.2 Å². The SMILES string of the molecule is CCn1cccc1C(=O)N[C@@H](C(=O)O)c1ccccc1Cl. The summed E-state index contributed by atoms with van der Waals surface area (Å²) in [5.41, 5.74) is 0.769. The van der Waals surface area contributed by atoms with Crippen molar-refractivity contribution in [2.45, 2.75) is 19.5 Å². The molecule has 1 heterocycles. The number of nitrogens with zero attached hydrogens (tertiary/aromatic N) is 1. The van der Waals surface area contributed by atoms with Gasteiger partial charge in [-0.2, -0.15) is 0 Å². The Balaban J connectivity index is 2.28. The van der Waals surface area contributed by atoms with Crippen LogP contribution >= 0.6 is 11.6 Å². The molecule has 1 aromatic heterocycles. The molecule has 2 rings (SSSR count). The Labute approximate surface area is 127 Å². The number of aliphatic carboxylic acids is 1. The van der Waals surface area contributed by atoms with Gasteiger partial charge in [0.25, 0.3) is 5.91 Å². The van der Waals surface area contributed by atoms with Gasteiger partial charge in [0, 0.05) is 23.3 Å². The zero-order valence-electron chi connectivity index (χ0n) is 11.4. The summed E-state index contributed by atoms with van der Waals surface area (Å²) in [5.74, 6) is -1.61. The molecule has 0 aliphatic heterocycles. The number of amides is 1. The third-order valence-electron chi connectivity index (χ3n) is 3.14. The number of benzene rings is 1. The standard InChI is InChI=1S/C15H15ClN2O3/c1-2-18-9-5-8-12(18)14(19)17-13(15(20)21)10-6-3-4-7-11(10)16/h3-9,13H,2H2,1H3,(H,17,19)(H,20,21)/t13-/m1/s1. The highest BCUT2D eigenvalue weighted by Crippen LogP contribution is 2.23. The molecule has 1 aromatic carbocycles. The van der Waals surface area contributed by atoms with E-state index in [4.69, 9.17) is 11.6 Å². The van der Waals surface area contributed by atoms with E-state index in [0.717, 1.165) is 0 Å². The van der Waals surface area contributed by atoms with Crippen LogP contribution in [0.3, 0.4) is 0 Å². The molecule has 0 spiro atoms. The van der Waals surface area contributed by atoms with E-state index >= 15 is 0 Å². The van der Waals surface area contributed by atoms with E-state index in [1.165, 1.54) is 0 Å². The van der Waals surface area contributed by atoms with Crippen molar-refractivity contribution >= 4 is 23.5 Å². The quantitative estimate of drug-likeness (QED) is 0.892. The molecule has 0 aliphatic rings. The van der Waals surface area contributed by atoms with Gasteiger partial charge in [0.15, 0.2) is 6.04 Å². The fourth-order valence-corrected chi connectivity index (χ4v) is 2.33. The van der Waals surface area contributed by atoms with Crippen LogP contribution in [0, 0.1) is 0 Å². The summed E-state index contributed by atoms with van der Waals surface area (Å²) in [6.07, 6.45) is 1.76. The van der Waals surface area contributed by atoms with Crippen molar-refractivity contribution in [3.05, 3.63) is 58.9 Å². The summed E-state index contributed by atoms with van der Waals surface area (Å²) < 4.78 is 1.74. The lowest BCUT2D eigenvalue weighted by molar-refractivity contribution is -0.139. The van der Waals surface area contributed by atoms with Gasteiger partial charge in [0.05, 0.1) is 0 Å². The van der Waals surface area contributed by atoms with Gasteiger partial charge in [-0.15, -0.1) is 0 Å². The van der Waals surface area contributed by atoms with Crippen LogP contribution < -0.4 is 5.32 Å². The molecule has 1 amide bonds. The van der Waals surface area contributed by atoms with Crippen molar-refractivity contribution in [2.24, 2.45) is 0 Å². The molecule has 110 valence electrons. The van der Waals surface area contributed by atoms with Crippen molar-refractivity contribution in [1.82, 2.24) is 9.88 Å². The molecule has 0 saturated carbocycles. The van der Waals surface area contributed by atoms with Gasteiger partial charge in [-0.3, -0.25) is 4.79 Å². The van der Waals surface area contributed by atoms with Crippen LogP contribution in [0.4, 0.5) is 0 Å². The third-order valence-corrected chi connectivity index (χ3v) is 3.49. The predicted octanol–water partition coefficient (Wildman–Crippen LogP) is 2.72. The first-order valence-corrected chi connectivity index (χ1v) is 6.85. The van der Waals surface area contributed by atoms with Gasteiger partial charge >= 0.3 is 5.97 Å². The monoisotopic (exact) mass is 306 g/mol. The van der Waals surface area contributed by atoms with Gasteiger partial charge in [-0.05, 0) is 25.1 Å². The first-order valence-electron chi connectivity index (χ1n) is 6.47. The molecule has 0 saturated heterocycles. The molecule has 2 aromatic rings. The molecule has 0 radical (unpaired) electrons. The van der Waals surface area contributed by atoms with Gasteiger partial charge in [0.2, 0.25) is 0 Å². The zero-order valence-corrected chi connectivity index (χ0v) is 12.2. The molecule has 5 nitrogen and oxygen atoms in total. The van der Waals surface area contributed by atoms with E-state index in [0.29, 0.717) is 22.8 Å². The van der Waals surface area contributed by atoms with Crippen LogP contribution in [0.15, 0.2) is 42.6 Å². The Kier molecular flexibility index (Phi) is 4.65. The van der Waals surface area contributed by atoms with Crippen LogP contribution in [-0.4, -0.2) is 21.6 Å². The normalized spacial score (nSPS) is 11.9. The highest BCUT2D eigenvalue weighted by molar-refractivity contribution is 6.31. The van der Waals surface area contributed by atoms with E-state index in [9.17, 15) is 14.7 Å². The van der Waals surface area contributed by atoms with Crippen molar-refractivity contribution in [2.75, 3.05) is 0 Å². The molecule has 0 fully saturated rings. The number of carboxylic acids is 1. The Bertz CT molecular complexity index is 666. The number of aryl methyl sites for hydroxylation is 1. The minimum atomic E-state index is -1.19. The maximum Gasteiger partial charge on any atom is 0.330 e. The van der Waals surface area contributed by atoms with Crippen molar-refractivity contribution in [3.63, 3.8) is 0 Å². The molecular formula is C15H15ClN2O3. The Hall–Kier alpha value is -2.27. The van der Waals surface area contributed by atoms with Crippen molar-refractivity contribution in [1.29, 1.82) is 0 Å². The Morgan fingerprint density at radius 2 is 2.00 bits per heavy atom. The molecule has 0 aliphatic carbocycles. The number of aromatic nitrogens is 1. The summed E-state index contributed by atoms with van der Waals surface area (Å²) in [5, 5.41) is 12.2. The average Bonchev–Trinajstić information content (AvgIpc) is 2.93. The topological polar surface area (TPSA) is 71.3 Å². The summed E-state index contributed by atoms with van der Waals surface area (Å²) in [6.45, 7) is 2.53. The van der Waals surface area contributed by atoms with E-state index in [1.807, 2.05) is 6.92 Å². The largest absolute Gasteiger partial charge is 0.479 e. The van der Waals surface area contributed by atoms with Gasteiger partial charge in [-0.1, -0.05) is 29.8 Å². The summed E-state index contributed by atoms with van der Waals surface area (Å²) in [6, 6.07) is 8.75. The lowest BCUT2D eigenvalue weighted by Crippen LogP contribution is -2.35. The molecule has 0 bridgehead atoms. The summed E-state index contributed by atoms with van der Waals surface area (Å²) >= 11 is 6.01. The Morgan fingerprint density at radius 3 is 2.62 bits per heavy atom. The maximum absolute atomic E-state index is 12.2. The second-order valence-corrected chi connectivity index (χ2v) is 4.85. The smallest absolute Gasteiger partial charge is 0.330 e. The van der Waals surface area contributed by atoms with Crippen LogP contribution in [0.5, 0.6) is 0 Å². The average molecular weight is 307 g/mol. The maximum atomic E-state index is 12.2. The van der Waals surface area contributed by atoms with E-state index < -0.39 is 17.9 Å². The van der Waals surface area contributed by atoms with Crippen molar-refractivity contribution in [3.8, 4) is 0 Å². The number of hydrogen-bond acceptors (Lipinski definition) is 2. The van der Waals surface area contributed by atoms with E-state index in [2.05, 4.69) is 5.32 Å². The number of hydrogen-bond donors (Lipinski definition) is 2. The van der Waals surface area contributed by atoms with Gasteiger partial charge in [-0.25, -0.2) is 4.79 Å². The fraction of sp³-hybridized carbons (Fsp3) is 0.200. The Morgan fingerprint density at radius 1 is 1.29 bits per heavy atom. The number of carbonyl (C=O) groups excluding carboxylic acids is 1. The predicted molar refractivity (Wildman–Crippen MR) is 79.4 cm³/mol. The molecule has 6 heteroatoms. The minimum absolute atomic E-state index is 0.302. The van der Waals surface area contributed by atoms with Crippen LogP contribution in [0.2, 0.25) is 5.02 Å². The second-order valence-electron chi connectivity index (χ2n) is 4.45. The third kappa shape index (κ3) is 3.25. The first-order chi connectivity index (χ1) is 10.0. The van der Waals surface area contributed by atoms with Crippen molar-refractivity contribution < 1.29 is 14.7 Å². The molecule has 21 heavy (non-hydrogen) atoms. The van der Waals surface area contributed by atoms with Crippen LogP contribution in [-0.2, 0) is 11.3 Å². The number of carboxylic acid groups (broad SMARTS) is 1. The minimum Gasteiger partial charge on any atom is -0.479 e. The molecular weight excluding hydrogens is 292 g/mol. The molecule has 2 N–H and O–H groups in total. The molecule has 1 atom stereocenters. The highest BCUT2D eigenvalue weighted by Gasteiger charge is 2.25. The first kappa shape index (κ1) is 15.1. The van der Waals surface area contributed by atoms with E-state index in [-0.39, 0.29) is 0 Å². The number of halogens is 1. The number of carbonyl (C=O) groups is 2. The van der Waals surface area contributed by atoms with Crippen LogP contribution in [0.1, 0.15) is 29.0 Å².